The van der Waals surface area contributed by atoms with Crippen molar-refractivity contribution in [2.45, 2.75) is 52.3 Å². The van der Waals surface area contributed by atoms with Gasteiger partial charge in [-0.1, -0.05) is 30.3 Å². The molecule has 7 nitrogen and oxygen atoms in total. The Balaban J connectivity index is 1.50. The molecule has 30 heavy (non-hydrogen) atoms. The number of hydrogen-bond donors (Lipinski definition) is 1. The number of carbonyl (C=O) groups is 2. The van der Waals surface area contributed by atoms with E-state index in [0.717, 1.165) is 35.6 Å². The van der Waals surface area contributed by atoms with Gasteiger partial charge in [-0.2, -0.15) is 0 Å². The highest BCUT2D eigenvalue weighted by molar-refractivity contribution is 7.20. The SMILES string of the molecule is Cc1c(C(=O)O[C@H](C)C(=O)N[C@H](C)c2ccccc2)sc2nc3n(c(=O)c12)CCC3. The number of fused-ring (bicyclic) bond motifs is 2. The number of nitrogens with zero attached hydrogens (tertiary/aromatic N) is 2. The lowest BCUT2D eigenvalue weighted by atomic mass is 10.1. The molecule has 1 aliphatic rings. The first-order valence-corrected chi connectivity index (χ1v) is 10.8. The van der Waals surface area contributed by atoms with Crippen LogP contribution in [0.3, 0.4) is 0 Å². The van der Waals surface area contributed by atoms with Crippen LogP contribution >= 0.6 is 11.3 Å². The zero-order valence-electron chi connectivity index (χ0n) is 17.1. The second-order valence-electron chi connectivity index (χ2n) is 7.51. The van der Waals surface area contributed by atoms with Crippen molar-refractivity contribution in [2.75, 3.05) is 0 Å². The summed E-state index contributed by atoms with van der Waals surface area (Å²) in [6.45, 7) is 5.79. The summed E-state index contributed by atoms with van der Waals surface area (Å²) in [4.78, 5) is 43.4. The van der Waals surface area contributed by atoms with Gasteiger partial charge in [-0.15, -0.1) is 11.3 Å². The van der Waals surface area contributed by atoms with Crippen LogP contribution in [-0.2, 0) is 22.5 Å². The lowest BCUT2D eigenvalue weighted by molar-refractivity contribution is -0.129. The quantitative estimate of drug-likeness (QED) is 0.634. The first-order valence-electron chi connectivity index (χ1n) is 9.96. The van der Waals surface area contributed by atoms with Crippen LogP contribution in [-0.4, -0.2) is 27.5 Å². The highest BCUT2D eigenvalue weighted by atomic mass is 32.1. The van der Waals surface area contributed by atoms with E-state index in [1.165, 1.54) is 6.92 Å². The Morgan fingerprint density at radius 3 is 2.70 bits per heavy atom. The third kappa shape index (κ3) is 3.63. The minimum Gasteiger partial charge on any atom is -0.448 e. The van der Waals surface area contributed by atoms with Crippen molar-refractivity contribution < 1.29 is 14.3 Å². The average Bonchev–Trinajstić information content (AvgIpc) is 3.33. The van der Waals surface area contributed by atoms with Gasteiger partial charge in [0.25, 0.3) is 11.5 Å². The van der Waals surface area contributed by atoms with E-state index in [1.54, 1.807) is 11.5 Å². The molecule has 1 amide bonds. The summed E-state index contributed by atoms with van der Waals surface area (Å²) in [6.07, 6.45) is 0.701. The summed E-state index contributed by atoms with van der Waals surface area (Å²) in [7, 11) is 0. The molecule has 0 radical (unpaired) electrons. The van der Waals surface area contributed by atoms with Crippen LogP contribution in [0.5, 0.6) is 0 Å². The van der Waals surface area contributed by atoms with E-state index in [4.69, 9.17) is 4.74 Å². The Labute approximate surface area is 177 Å². The lowest BCUT2D eigenvalue weighted by Crippen LogP contribution is -2.37. The minimum absolute atomic E-state index is 0.109. The summed E-state index contributed by atoms with van der Waals surface area (Å²) >= 11 is 1.15. The predicted octanol–water partition coefficient (Wildman–Crippen LogP) is 3.14. The largest absolute Gasteiger partial charge is 0.448 e. The molecule has 1 N–H and O–H groups in total. The van der Waals surface area contributed by atoms with Gasteiger partial charge in [0.2, 0.25) is 0 Å². The number of thiophene rings is 1. The molecule has 156 valence electrons. The monoisotopic (exact) mass is 425 g/mol. The second kappa shape index (κ2) is 8.02. The van der Waals surface area contributed by atoms with E-state index >= 15 is 0 Å². The van der Waals surface area contributed by atoms with E-state index in [9.17, 15) is 14.4 Å². The van der Waals surface area contributed by atoms with E-state index in [1.807, 2.05) is 37.3 Å². The van der Waals surface area contributed by atoms with Gasteiger partial charge in [0.15, 0.2) is 6.10 Å². The number of benzene rings is 1. The fourth-order valence-corrected chi connectivity index (χ4v) is 4.77. The van der Waals surface area contributed by atoms with Gasteiger partial charge in [-0.05, 0) is 38.3 Å². The van der Waals surface area contributed by atoms with E-state index in [0.29, 0.717) is 27.2 Å². The molecule has 1 aromatic carbocycles. The summed E-state index contributed by atoms with van der Waals surface area (Å²) in [5, 5.41) is 3.32. The van der Waals surface area contributed by atoms with Crippen molar-refractivity contribution in [2.24, 2.45) is 0 Å². The second-order valence-corrected chi connectivity index (χ2v) is 8.51. The maximum atomic E-state index is 12.8. The molecular formula is C22H23N3O4S. The Kier molecular flexibility index (Phi) is 5.42. The van der Waals surface area contributed by atoms with Crippen molar-refractivity contribution in [1.82, 2.24) is 14.9 Å². The molecule has 2 atom stereocenters. The number of amides is 1. The lowest BCUT2D eigenvalue weighted by Gasteiger charge is -2.18. The predicted molar refractivity (Wildman–Crippen MR) is 115 cm³/mol. The van der Waals surface area contributed by atoms with E-state index in [-0.39, 0.29) is 17.5 Å². The van der Waals surface area contributed by atoms with Gasteiger partial charge in [-0.3, -0.25) is 14.2 Å². The van der Waals surface area contributed by atoms with E-state index in [2.05, 4.69) is 10.3 Å². The topological polar surface area (TPSA) is 90.3 Å². The maximum absolute atomic E-state index is 12.8. The van der Waals surface area contributed by atoms with Gasteiger partial charge < -0.3 is 10.1 Å². The van der Waals surface area contributed by atoms with Crippen LogP contribution in [0.4, 0.5) is 0 Å². The number of carbonyl (C=O) groups excluding carboxylic acids is 2. The summed E-state index contributed by atoms with van der Waals surface area (Å²) in [6, 6.07) is 9.34. The number of aromatic nitrogens is 2. The van der Waals surface area contributed by atoms with Crippen molar-refractivity contribution in [3.63, 3.8) is 0 Å². The first kappa shape index (κ1) is 20.3. The molecule has 3 aromatic rings. The molecular weight excluding hydrogens is 402 g/mol. The molecule has 8 heteroatoms. The van der Waals surface area contributed by atoms with Gasteiger partial charge >= 0.3 is 5.97 Å². The summed E-state index contributed by atoms with van der Waals surface area (Å²) in [5.41, 5.74) is 1.41. The standard InChI is InChI=1S/C22H23N3O4S/c1-12-17-20(24-16-10-7-11-25(16)21(17)27)30-18(12)22(28)29-14(3)19(26)23-13(2)15-8-5-4-6-9-15/h4-6,8-9,13-14H,7,10-11H2,1-3H3,(H,23,26)/t13-,14-/m1/s1. The Hall–Kier alpha value is -3.00. The maximum Gasteiger partial charge on any atom is 0.349 e. The van der Waals surface area contributed by atoms with Crippen molar-refractivity contribution in [3.05, 3.63) is 62.5 Å². The van der Waals surface area contributed by atoms with Crippen LogP contribution in [0, 0.1) is 6.92 Å². The highest BCUT2D eigenvalue weighted by Crippen LogP contribution is 2.29. The number of ether oxygens (including phenoxy) is 1. The molecule has 0 unspecified atom stereocenters. The van der Waals surface area contributed by atoms with Crippen molar-refractivity contribution in [1.29, 1.82) is 0 Å². The number of hydrogen-bond acceptors (Lipinski definition) is 6. The molecule has 0 aliphatic carbocycles. The zero-order valence-corrected chi connectivity index (χ0v) is 17.9. The molecule has 0 saturated carbocycles. The molecule has 0 fully saturated rings. The summed E-state index contributed by atoms with van der Waals surface area (Å²) in [5.74, 6) is -0.234. The van der Waals surface area contributed by atoms with Crippen LogP contribution in [0.25, 0.3) is 10.2 Å². The van der Waals surface area contributed by atoms with Gasteiger partial charge in [0, 0.05) is 13.0 Å². The Morgan fingerprint density at radius 2 is 1.97 bits per heavy atom. The van der Waals surface area contributed by atoms with Crippen LogP contribution in [0.2, 0.25) is 0 Å². The molecule has 0 bridgehead atoms. The molecule has 1 aliphatic heterocycles. The number of nitrogens with one attached hydrogen (secondary N) is 1. The van der Waals surface area contributed by atoms with Gasteiger partial charge in [-0.25, -0.2) is 9.78 Å². The van der Waals surface area contributed by atoms with Crippen molar-refractivity contribution >= 4 is 33.4 Å². The Bertz CT molecular complexity index is 1180. The zero-order chi connectivity index (χ0) is 21.4. The smallest absolute Gasteiger partial charge is 0.349 e. The normalized spacial score (nSPS) is 14.9. The van der Waals surface area contributed by atoms with Gasteiger partial charge in [0.1, 0.15) is 15.5 Å². The van der Waals surface area contributed by atoms with Crippen molar-refractivity contribution in [3.8, 4) is 0 Å². The highest BCUT2D eigenvalue weighted by Gasteiger charge is 2.26. The molecule has 0 saturated heterocycles. The molecule has 0 spiro atoms. The molecule has 2 aromatic heterocycles. The third-order valence-electron chi connectivity index (χ3n) is 5.41. The summed E-state index contributed by atoms with van der Waals surface area (Å²) < 4.78 is 7.09. The number of aryl methyl sites for hydroxylation is 2. The average molecular weight is 426 g/mol. The first-order chi connectivity index (χ1) is 14.4. The Morgan fingerprint density at radius 1 is 1.23 bits per heavy atom. The molecule has 3 heterocycles. The van der Waals surface area contributed by atoms with Crippen LogP contribution in [0.1, 0.15) is 52.9 Å². The number of rotatable bonds is 5. The number of esters is 1. The fraction of sp³-hybridized carbons (Fsp3) is 0.364. The van der Waals surface area contributed by atoms with Crippen LogP contribution in [0.15, 0.2) is 35.1 Å². The van der Waals surface area contributed by atoms with Crippen LogP contribution < -0.4 is 10.9 Å². The molecule has 4 rings (SSSR count). The third-order valence-corrected chi connectivity index (χ3v) is 6.57. The van der Waals surface area contributed by atoms with Gasteiger partial charge in [0.05, 0.1) is 11.4 Å². The fourth-order valence-electron chi connectivity index (χ4n) is 3.69. The van der Waals surface area contributed by atoms with E-state index < -0.39 is 12.1 Å². The minimum atomic E-state index is -0.965.